The van der Waals surface area contributed by atoms with Crippen molar-refractivity contribution in [2.24, 2.45) is 0 Å². The summed E-state index contributed by atoms with van der Waals surface area (Å²) in [5, 5.41) is 0. The van der Waals surface area contributed by atoms with E-state index in [9.17, 15) is 9.59 Å². The van der Waals surface area contributed by atoms with Crippen LogP contribution in [0.2, 0.25) is 0 Å². The molecule has 4 aromatic carbocycles. The van der Waals surface area contributed by atoms with Crippen LogP contribution >= 0.6 is 0 Å². The second kappa shape index (κ2) is 9.55. The summed E-state index contributed by atoms with van der Waals surface area (Å²) in [6.45, 7) is 0. The molecule has 151 valence electrons. The van der Waals surface area contributed by atoms with E-state index in [2.05, 4.69) is 0 Å². The lowest BCUT2D eigenvalue weighted by atomic mass is 10.0. The first-order chi connectivity index (χ1) is 15.2. The van der Waals surface area contributed by atoms with E-state index in [1.165, 1.54) is 0 Å². The minimum atomic E-state index is -0.360. The van der Waals surface area contributed by atoms with Crippen molar-refractivity contribution in [1.29, 1.82) is 0 Å². The molecule has 4 heteroatoms. The monoisotopic (exact) mass is 407 g/mol. The number of para-hydroxylation sites is 2. The van der Waals surface area contributed by atoms with Gasteiger partial charge in [-0.25, -0.2) is 0 Å². The lowest BCUT2D eigenvalue weighted by Gasteiger charge is -2.07. The quantitative estimate of drug-likeness (QED) is 0.246. The highest BCUT2D eigenvalue weighted by molar-refractivity contribution is 6.22. The molecule has 0 heterocycles. The van der Waals surface area contributed by atoms with Gasteiger partial charge in [-0.3, -0.25) is 9.59 Å². The van der Waals surface area contributed by atoms with Crippen molar-refractivity contribution in [2.45, 2.75) is 0 Å². The summed E-state index contributed by atoms with van der Waals surface area (Å²) in [6.07, 6.45) is 1.10. The van der Waals surface area contributed by atoms with Gasteiger partial charge in [0.1, 0.15) is 29.4 Å². The fourth-order valence-electron chi connectivity index (χ4n) is 2.91. The van der Waals surface area contributed by atoms with Gasteiger partial charge in [-0.2, -0.15) is 0 Å². The zero-order valence-electron chi connectivity index (χ0n) is 16.6. The van der Waals surface area contributed by atoms with E-state index in [0.717, 1.165) is 6.42 Å². The Labute approximate surface area is 180 Å². The van der Waals surface area contributed by atoms with Crippen molar-refractivity contribution in [2.75, 3.05) is 0 Å². The SMILES string of the molecule is O=C([CH]C(=O)c1ccc(Oc2ccccc2)cc1)c1ccc(Oc2ccccc2)cc1. The van der Waals surface area contributed by atoms with Crippen molar-refractivity contribution in [3.05, 3.63) is 127 Å². The second-order valence-corrected chi connectivity index (χ2v) is 6.75. The van der Waals surface area contributed by atoms with Gasteiger partial charge in [0.15, 0.2) is 11.6 Å². The van der Waals surface area contributed by atoms with Crippen molar-refractivity contribution >= 4 is 11.6 Å². The number of rotatable bonds is 8. The van der Waals surface area contributed by atoms with Gasteiger partial charge in [-0.1, -0.05) is 36.4 Å². The predicted molar refractivity (Wildman–Crippen MR) is 119 cm³/mol. The Morgan fingerprint density at radius 2 is 0.774 bits per heavy atom. The average Bonchev–Trinajstić information content (AvgIpc) is 2.81. The van der Waals surface area contributed by atoms with Crippen LogP contribution in [0.3, 0.4) is 0 Å². The highest BCUT2D eigenvalue weighted by Crippen LogP contribution is 2.23. The molecular weight excluding hydrogens is 388 g/mol. The Morgan fingerprint density at radius 3 is 1.13 bits per heavy atom. The molecule has 0 spiro atoms. The summed E-state index contributed by atoms with van der Waals surface area (Å²) in [6, 6.07) is 32.1. The fourth-order valence-corrected chi connectivity index (χ4v) is 2.91. The molecule has 0 atom stereocenters. The van der Waals surface area contributed by atoms with Gasteiger partial charge in [0, 0.05) is 11.1 Å². The third kappa shape index (κ3) is 5.46. The standard InChI is InChI=1S/C27H19O4/c28-26(20-11-15-24(16-12-20)30-22-7-3-1-4-8-22)19-27(29)21-13-17-25(18-14-21)31-23-9-5-2-6-10-23/h1-19H. The van der Waals surface area contributed by atoms with Crippen LogP contribution in [0.1, 0.15) is 20.7 Å². The maximum Gasteiger partial charge on any atom is 0.174 e. The molecule has 4 nitrogen and oxygen atoms in total. The van der Waals surface area contributed by atoms with Crippen LogP contribution in [0.15, 0.2) is 109 Å². The molecule has 1 radical (unpaired) electrons. The molecule has 0 fully saturated rings. The minimum absolute atomic E-state index is 0.360. The summed E-state index contributed by atoms with van der Waals surface area (Å²) in [4.78, 5) is 24.9. The molecule has 0 aromatic heterocycles. The van der Waals surface area contributed by atoms with Crippen LogP contribution in [0, 0.1) is 6.42 Å². The lowest BCUT2D eigenvalue weighted by molar-refractivity contribution is 0.0956. The van der Waals surface area contributed by atoms with E-state index in [1.807, 2.05) is 60.7 Å². The number of hydrogen-bond donors (Lipinski definition) is 0. The number of hydrogen-bond acceptors (Lipinski definition) is 4. The third-order valence-corrected chi connectivity index (χ3v) is 4.50. The molecular formula is C27H19O4. The minimum Gasteiger partial charge on any atom is -0.457 e. The first kappa shape index (κ1) is 20.1. The van der Waals surface area contributed by atoms with Crippen LogP contribution < -0.4 is 9.47 Å². The first-order valence-electron chi connectivity index (χ1n) is 9.77. The van der Waals surface area contributed by atoms with Crippen LogP contribution in [0.25, 0.3) is 0 Å². The fraction of sp³-hybridized carbons (Fsp3) is 0. The topological polar surface area (TPSA) is 52.6 Å². The predicted octanol–water partition coefficient (Wildman–Crippen LogP) is 6.54. The van der Waals surface area contributed by atoms with Gasteiger partial charge < -0.3 is 9.47 Å². The molecule has 0 bridgehead atoms. The maximum atomic E-state index is 12.5. The molecule has 0 saturated heterocycles. The van der Waals surface area contributed by atoms with E-state index in [1.54, 1.807) is 48.5 Å². The van der Waals surface area contributed by atoms with Gasteiger partial charge in [0.25, 0.3) is 0 Å². The zero-order valence-corrected chi connectivity index (χ0v) is 16.6. The van der Waals surface area contributed by atoms with Crippen LogP contribution in [-0.4, -0.2) is 11.6 Å². The maximum absolute atomic E-state index is 12.5. The highest BCUT2D eigenvalue weighted by atomic mass is 16.5. The van der Waals surface area contributed by atoms with Crippen LogP contribution in [0.5, 0.6) is 23.0 Å². The number of carbonyl (C=O) groups is 2. The Morgan fingerprint density at radius 1 is 0.452 bits per heavy atom. The van der Waals surface area contributed by atoms with E-state index < -0.39 is 0 Å². The third-order valence-electron chi connectivity index (χ3n) is 4.50. The number of Topliss-reactive ketones (excluding diaryl/α,β-unsaturated/α-hetero) is 2. The van der Waals surface area contributed by atoms with Gasteiger partial charge in [0.2, 0.25) is 0 Å². The Balaban J connectivity index is 1.35. The second-order valence-electron chi connectivity index (χ2n) is 6.75. The Bertz CT molecular complexity index is 1050. The van der Waals surface area contributed by atoms with E-state index in [4.69, 9.17) is 9.47 Å². The zero-order chi connectivity index (χ0) is 21.5. The molecule has 4 aromatic rings. The summed E-state index contributed by atoms with van der Waals surface area (Å²) in [5.41, 5.74) is 0.829. The van der Waals surface area contributed by atoms with Gasteiger partial charge >= 0.3 is 0 Å². The Hall–Kier alpha value is -4.18. The molecule has 0 N–H and O–H groups in total. The average molecular weight is 407 g/mol. The normalized spacial score (nSPS) is 10.3. The molecule has 0 amide bonds. The van der Waals surface area contributed by atoms with E-state index in [-0.39, 0.29) is 11.6 Å². The van der Waals surface area contributed by atoms with Crippen molar-refractivity contribution in [3.8, 4) is 23.0 Å². The van der Waals surface area contributed by atoms with Gasteiger partial charge in [-0.15, -0.1) is 0 Å². The summed E-state index contributed by atoms with van der Waals surface area (Å²) < 4.78 is 11.4. The van der Waals surface area contributed by atoms with E-state index in [0.29, 0.717) is 34.1 Å². The Kier molecular flexibility index (Phi) is 6.19. The number of carbonyl (C=O) groups excluding carboxylic acids is 2. The van der Waals surface area contributed by atoms with Crippen molar-refractivity contribution in [1.82, 2.24) is 0 Å². The van der Waals surface area contributed by atoms with Crippen molar-refractivity contribution < 1.29 is 19.1 Å². The summed E-state index contributed by atoms with van der Waals surface area (Å²) >= 11 is 0. The number of benzene rings is 4. The van der Waals surface area contributed by atoms with Gasteiger partial charge in [-0.05, 0) is 72.8 Å². The summed E-state index contributed by atoms with van der Waals surface area (Å²) in [7, 11) is 0. The molecule has 31 heavy (non-hydrogen) atoms. The molecule has 4 rings (SSSR count). The van der Waals surface area contributed by atoms with Crippen LogP contribution in [0.4, 0.5) is 0 Å². The number of ketones is 2. The molecule has 0 aliphatic carbocycles. The molecule has 0 aliphatic rings. The number of ether oxygens (including phenoxy) is 2. The van der Waals surface area contributed by atoms with Crippen molar-refractivity contribution in [3.63, 3.8) is 0 Å². The van der Waals surface area contributed by atoms with Crippen LogP contribution in [-0.2, 0) is 0 Å². The lowest BCUT2D eigenvalue weighted by Crippen LogP contribution is -2.09. The first-order valence-corrected chi connectivity index (χ1v) is 9.77. The summed E-state index contributed by atoms with van der Waals surface area (Å²) in [5.74, 6) is 1.93. The smallest absolute Gasteiger partial charge is 0.174 e. The van der Waals surface area contributed by atoms with Gasteiger partial charge in [0.05, 0.1) is 0 Å². The van der Waals surface area contributed by atoms with E-state index >= 15 is 0 Å². The molecule has 0 saturated carbocycles. The highest BCUT2D eigenvalue weighted by Gasteiger charge is 2.15. The molecule has 0 aliphatic heterocycles. The molecule has 0 unspecified atom stereocenters. The largest absolute Gasteiger partial charge is 0.457 e.